The highest BCUT2D eigenvalue weighted by molar-refractivity contribution is 5.93. The Morgan fingerprint density at radius 1 is 1.63 bits per heavy atom. The fourth-order valence-electron chi connectivity index (χ4n) is 2.00. The number of methoxy groups -OCH3 is 1. The monoisotopic (exact) mass is 267 g/mol. The number of carbonyl (C=O) groups is 2. The minimum Gasteiger partial charge on any atom is -0.469 e. The number of rotatable bonds is 3. The molecule has 1 atom stereocenters. The van der Waals surface area contributed by atoms with Crippen LogP contribution in [-0.4, -0.2) is 54.7 Å². The summed E-state index contributed by atoms with van der Waals surface area (Å²) in [5.41, 5.74) is 6.53. The number of aromatic amines is 1. The molecule has 0 saturated carbocycles. The molecule has 104 valence electrons. The van der Waals surface area contributed by atoms with Gasteiger partial charge in [0.25, 0.3) is 5.91 Å². The van der Waals surface area contributed by atoms with Crippen molar-refractivity contribution in [1.29, 1.82) is 0 Å². The van der Waals surface area contributed by atoms with Gasteiger partial charge in [-0.2, -0.15) is 0 Å². The highest BCUT2D eigenvalue weighted by Crippen LogP contribution is 2.14. The van der Waals surface area contributed by atoms with Crippen molar-refractivity contribution in [2.75, 3.05) is 32.5 Å². The number of amides is 1. The van der Waals surface area contributed by atoms with Gasteiger partial charge < -0.3 is 25.1 Å². The molecule has 1 aliphatic heterocycles. The first kappa shape index (κ1) is 13.4. The van der Waals surface area contributed by atoms with E-state index in [4.69, 9.17) is 10.5 Å². The zero-order chi connectivity index (χ0) is 13.8. The molecule has 0 aliphatic carbocycles. The van der Waals surface area contributed by atoms with Gasteiger partial charge >= 0.3 is 5.97 Å². The number of nitrogens with zero attached hydrogens (tertiary/aromatic N) is 1. The van der Waals surface area contributed by atoms with Gasteiger partial charge in [-0.1, -0.05) is 0 Å². The Labute approximate surface area is 110 Å². The van der Waals surface area contributed by atoms with Gasteiger partial charge in [0.15, 0.2) is 0 Å². The lowest BCUT2D eigenvalue weighted by Gasteiger charge is -2.32. The maximum atomic E-state index is 12.2. The lowest BCUT2D eigenvalue weighted by molar-refractivity contribution is -0.145. The number of nitrogens with two attached hydrogens (primary N) is 1. The molecular formula is C12H17N3O4. The predicted molar refractivity (Wildman–Crippen MR) is 67.5 cm³/mol. The topological polar surface area (TPSA) is 97.6 Å². The molecule has 2 rings (SSSR count). The predicted octanol–water partition coefficient (Wildman–Crippen LogP) is 0.00100. The maximum Gasteiger partial charge on any atom is 0.308 e. The number of nitrogen functional groups attached to an aromatic ring is 1. The van der Waals surface area contributed by atoms with Crippen LogP contribution in [0.25, 0.3) is 0 Å². The molecule has 7 heteroatoms. The molecule has 2 heterocycles. The number of morpholine rings is 1. The van der Waals surface area contributed by atoms with E-state index >= 15 is 0 Å². The molecule has 7 nitrogen and oxygen atoms in total. The molecule has 0 radical (unpaired) electrons. The molecule has 1 amide bonds. The van der Waals surface area contributed by atoms with Crippen molar-refractivity contribution in [3.8, 4) is 0 Å². The summed E-state index contributed by atoms with van der Waals surface area (Å²) in [4.78, 5) is 27.8. The number of hydrogen-bond acceptors (Lipinski definition) is 5. The van der Waals surface area contributed by atoms with Gasteiger partial charge in [0, 0.05) is 25.0 Å². The molecule has 1 saturated heterocycles. The zero-order valence-electron chi connectivity index (χ0n) is 10.7. The summed E-state index contributed by atoms with van der Waals surface area (Å²) < 4.78 is 10.0. The van der Waals surface area contributed by atoms with Crippen LogP contribution < -0.4 is 5.73 Å². The number of anilines is 1. The SMILES string of the molecule is COC(=O)CC1CN(C(=O)c2cc(N)c[nH]2)CCO1. The minimum absolute atomic E-state index is 0.144. The van der Waals surface area contributed by atoms with E-state index < -0.39 is 0 Å². The van der Waals surface area contributed by atoms with Gasteiger partial charge in [0.05, 0.1) is 26.2 Å². The number of ether oxygens (including phenoxy) is 2. The van der Waals surface area contributed by atoms with Gasteiger partial charge in [0.1, 0.15) is 5.69 Å². The fourth-order valence-corrected chi connectivity index (χ4v) is 2.00. The number of esters is 1. The van der Waals surface area contributed by atoms with Crippen molar-refractivity contribution in [3.63, 3.8) is 0 Å². The standard InChI is InChI=1S/C12H17N3O4/c1-18-11(16)5-9-7-15(2-3-19-9)12(17)10-4-8(13)6-14-10/h4,6,9,14H,2-3,5,7,13H2,1H3. The van der Waals surface area contributed by atoms with Crippen molar-refractivity contribution < 1.29 is 19.1 Å². The first-order valence-electron chi connectivity index (χ1n) is 6.01. The molecule has 0 bridgehead atoms. The number of hydrogen-bond donors (Lipinski definition) is 2. The van der Waals surface area contributed by atoms with Crippen LogP contribution in [0.4, 0.5) is 5.69 Å². The van der Waals surface area contributed by atoms with Crippen LogP contribution in [0.3, 0.4) is 0 Å². The summed E-state index contributed by atoms with van der Waals surface area (Å²) in [6.07, 6.45) is 1.39. The lowest BCUT2D eigenvalue weighted by Crippen LogP contribution is -2.46. The van der Waals surface area contributed by atoms with Crippen LogP contribution in [0.2, 0.25) is 0 Å². The van der Waals surface area contributed by atoms with Crippen LogP contribution in [0.15, 0.2) is 12.3 Å². The third kappa shape index (κ3) is 3.25. The second-order valence-electron chi connectivity index (χ2n) is 4.37. The summed E-state index contributed by atoms with van der Waals surface area (Å²) in [6.45, 7) is 1.27. The van der Waals surface area contributed by atoms with E-state index in [1.54, 1.807) is 17.2 Å². The van der Waals surface area contributed by atoms with E-state index in [-0.39, 0.29) is 24.4 Å². The quantitative estimate of drug-likeness (QED) is 0.751. The Balaban J connectivity index is 1.97. The Morgan fingerprint density at radius 3 is 3.05 bits per heavy atom. The zero-order valence-corrected chi connectivity index (χ0v) is 10.7. The van der Waals surface area contributed by atoms with E-state index in [0.29, 0.717) is 31.1 Å². The average molecular weight is 267 g/mol. The van der Waals surface area contributed by atoms with Crippen LogP contribution in [0.5, 0.6) is 0 Å². The summed E-state index contributed by atoms with van der Waals surface area (Å²) in [7, 11) is 1.33. The summed E-state index contributed by atoms with van der Waals surface area (Å²) in [5, 5.41) is 0. The van der Waals surface area contributed by atoms with Crippen LogP contribution >= 0.6 is 0 Å². The Bertz CT molecular complexity index is 471. The van der Waals surface area contributed by atoms with E-state index in [0.717, 1.165) is 0 Å². The summed E-state index contributed by atoms with van der Waals surface area (Å²) in [6, 6.07) is 1.59. The molecule has 1 unspecified atom stereocenters. The second kappa shape index (κ2) is 5.75. The summed E-state index contributed by atoms with van der Waals surface area (Å²) in [5.74, 6) is -0.488. The third-order valence-electron chi connectivity index (χ3n) is 2.98. The molecule has 1 aromatic heterocycles. The Morgan fingerprint density at radius 2 is 2.42 bits per heavy atom. The fraction of sp³-hybridized carbons (Fsp3) is 0.500. The van der Waals surface area contributed by atoms with Crippen LogP contribution in [0, 0.1) is 0 Å². The number of aromatic nitrogens is 1. The van der Waals surface area contributed by atoms with Gasteiger partial charge in [-0.25, -0.2) is 0 Å². The first-order chi connectivity index (χ1) is 9.10. The highest BCUT2D eigenvalue weighted by atomic mass is 16.5. The Kier molecular flexibility index (Phi) is 4.06. The van der Waals surface area contributed by atoms with E-state index in [2.05, 4.69) is 9.72 Å². The van der Waals surface area contributed by atoms with E-state index in [1.807, 2.05) is 0 Å². The summed E-state index contributed by atoms with van der Waals surface area (Å²) >= 11 is 0. The number of H-pyrrole nitrogens is 1. The average Bonchev–Trinajstić information content (AvgIpc) is 2.84. The highest BCUT2D eigenvalue weighted by Gasteiger charge is 2.27. The number of nitrogens with one attached hydrogen (secondary N) is 1. The van der Waals surface area contributed by atoms with E-state index in [1.165, 1.54) is 7.11 Å². The maximum absolute atomic E-state index is 12.2. The second-order valence-corrected chi connectivity index (χ2v) is 4.37. The Hall–Kier alpha value is -2.02. The van der Waals surface area contributed by atoms with Crippen LogP contribution in [0.1, 0.15) is 16.9 Å². The van der Waals surface area contributed by atoms with Gasteiger partial charge in [-0.15, -0.1) is 0 Å². The molecule has 0 spiro atoms. The smallest absolute Gasteiger partial charge is 0.308 e. The normalized spacial score (nSPS) is 19.2. The van der Waals surface area contributed by atoms with Gasteiger partial charge in [0.2, 0.25) is 0 Å². The number of carbonyl (C=O) groups excluding carboxylic acids is 2. The molecule has 19 heavy (non-hydrogen) atoms. The largest absolute Gasteiger partial charge is 0.469 e. The van der Waals surface area contributed by atoms with Crippen molar-refractivity contribution in [1.82, 2.24) is 9.88 Å². The lowest BCUT2D eigenvalue weighted by atomic mass is 10.2. The van der Waals surface area contributed by atoms with E-state index in [9.17, 15) is 9.59 Å². The molecule has 0 aromatic carbocycles. The molecule has 1 aromatic rings. The van der Waals surface area contributed by atoms with Crippen molar-refractivity contribution in [3.05, 3.63) is 18.0 Å². The van der Waals surface area contributed by atoms with Crippen LogP contribution in [-0.2, 0) is 14.3 Å². The molecule has 3 N–H and O–H groups in total. The van der Waals surface area contributed by atoms with Crippen molar-refractivity contribution in [2.45, 2.75) is 12.5 Å². The molecule has 1 aliphatic rings. The van der Waals surface area contributed by atoms with Crippen molar-refractivity contribution in [2.24, 2.45) is 0 Å². The van der Waals surface area contributed by atoms with Gasteiger partial charge in [-0.3, -0.25) is 9.59 Å². The van der Waals surface area contributed by atoms with Crippen molar-refractivity contribution >= 4 is 17.6 Å². The molecule has 1 fully saturated rings. The minimum atomic E-state index is -0.344. The first-order valence-corrected chi connectivity index (χ1v) is 6.01. The molecular weight excluding hydrogens is 250 g/mol. The van der Waals surface area contributed by atoms with Gasteiger partial charge in [-0.05, 0) is 6.07 Å². The third-order valence-corrected chi connectivity index (χ3v) is 2.98.